The quantitative estimate of drug-likeness (QED) is 0.641. The molecule has 0 aromatic rings. The van der Waals surface area contributed by atoms with Gasteiger partial charge in [0.25, 0.3) is 5.92 Å². The summed E-state index contributed by atoms with van der Waals surface area (Å²) in [6.07, 6.45) is -2.56. The van der Waals surface area contributed by atoms with Gasteiger partial charge in [-0.25, -0.2) is 8.78 Å². The zero-order chi connectivity index (χ0) is 8.91. The van der Waals surface area contributed by atoms with E-state index in [4.69, 9.17) is 10.2 Å². The molecule has 0 aliphatic heterocycles. The topological polar surface area (TPSA) is 40.5 Å². The molecule has 0 aliphatic carbocycles. The maximum Gasteiger partial charge on any atom is 0.273 e. The molecule has 1 atom stereocenters. The van der Waals surface area contributed by atoms with Crippen LogP contribution >= 0.6 is 0 Å². The fourth-order valence-electron chi connectivity index (χ4n) is 0.637. The summed E-state index contributed by atoms with van der Waals surface area (Å²) in [5.74, 6) is -3.30. The first-order chi connectivity index (χ1) is 5.02. The number of halogens is 3. The van der Waals surface area contributed by atoms with E-state index in [9.17, 15) is 13.2 Å². The van der Waals surface area contributed by atoms with E-state index in [1.807, 2.05) is 0 Å². The molecular formula is C6H11F3O2. The first-order valence-electron chi connectivity index (χ1n) is 3.24. The maximum atomic E-state index is 12.2. The zero-order valence-electron chi connectivity index (χ0n) is 5.93. The van der Waals surface area contributed by atoms with Gasteiger partial charge in [0.15, 0.2) is 0 Å². The summed E-state index contributed by atoms with van der Waals surface area (Å²) in [6.45, 7) is -2.14. The van der Waals surface area contributed by atoms with Crippen molar-refractivity contribution in [2.45, 2.75) is 24.9 Å². The van der Waals surface area contributed by atoms with Crippen LogP contribution in [0.4, 0.5) is 13.2 Å². The smallest absolute Gasteiger partial charge is 0.273 e. The molecule has 1 unspecified atom stereocenters. The lowest BCUT2D eigenvalue weighted by Gasteiger charge is -2.16. The maximum absolute atomic E-state index is 12.2. The Kier molecular flexibility index (Phi) is 4.44. The summed E-state index contributed by atoms with van der Waals surface area (Å²) in [5, 5.41) is 16.7. The van der Waals surface area contributed by atoms with E-state index in [1.54, 1.807) is 0 Å². The first kappa shape index (κ1) is 10.7. The molecule has 0 heterocycles. The van der Waals surface area contributed by atoms with E-state index < -0.39 is 31.7 Å². The number of aliphatic hydroxyl groups excluding tert-OH is 2. The van der Waals surface area contributed by atoms with Crippen LogP contribution in [-0.2, 0) is 0 Å². The number of hydrogen-bond acceptors (Lipinski definition) is 2. The van der Waals surface area contributed by atoms with Crippen LogP contribution in [0.15, 0.2) is 0 Å². The minimum atomic E-state index is -3.30. The molecule has 0 fully saturated rings. The van der Waals surface area contributed by atoms with Crippen LogP contribution in [0.2, 0.25) is 0 Å². The van der Waals surface area contributed by atoms with Gasteiger partial charge in [-0.05, 0) is 0 Å². The average Bonchev–Trinajstić information content (AvgIpc) is 1.87. The molecule has 0 aliphatic rings. The Morgan fingerprint density at radius 1 is 1.36 bits per heavy atom. The Morgan fingerprint density at radius 2 is 1.91 bits per heavy atom. The molecule has 0 aromatic carbocycles. The van der Waals surface area contributed by atoms with E-state index in [0.717, 1.165) is 0 Å². The number of hydrogen-bond donors (Lipinski definition) is 2. The van der Waals surface area contributed by atoms with E-state index >= 15 is 0 Å². The largest absolute Gasteiger partial charge is 0.393 e. The van der Waals surface area contributed by atoms with Crippen molar-refractivity contribution in [3.8, 4) is 0 Å². The van der Waals surface area contributed by atoms with Crippen molar-refractivity contribution >= 4 is 0 Å². The summed E-state index contributed by atoms with van der Waals surface area (Å²) in [7, 11) is 0. The normalized spacial score (nSPS) is 15.0. The molecule has 0 rings (SSSR count). The van der Waals surface area contributed by atoms with Gasteiger partial charge >= 0.3 is 0 Å². The minimum Gasteiger partial charge on any atom is -0.393 e. The predicted molar refractivity (Wildman–Crippen MR) is 33.2 cm³/mol. The molecule has 2 N–H and O–H groups in total. The zero-order valence-corrected chi connectivity index (χ0v) is 5.93. The molecule has 0 amide bonds. The standard InChI is InChI=1S/C6H11F3O2/c7-2-1-5(11)3-6(8,9)4-10/h5,10-11H,1-4H2. The van der Waals surface area contributed by atoms with Crippen LogP contribution in [0.25, 0.3) is 0 Å². The van der Waals surface area contributed by atoms with Gasteiger partial charge in [0.2, 0.25) is 0 Å². The highest BCUT2D eigenvalue weighted by molar-refractivity contribution is 4.69. The summed E-state index contributed by atoms with van der Waals surface area (Å²) < 4.78 is 35.8. The highest BCUT2D eigenvalue weighted by Gasteiger charge is 2.30. The van der Waals surface area contributed by atoms with Crippen molar-refractivity contribution in [3.05, 3.63) is 0 Å². The molecular weight excluding hydrogens is 161 g/mol. The lowest BCUT2D eigenvalue weighted by atomic mass is 10.1. The van der Waals surface area contributed by atoms with E-state index in [2.05, 4.69) is 0 Å². The van der Waals surface area contributed by atoms with Gasteiger partial charge in [-0.2, -0.15) is 0 Å². The first-order valence-corrected chi connectivity index (χ1v) is 3.24. The van der Waals surface area contributed by atoms with E-state index in [1.165, 1.54) is 0 Å². The second kappa shape index (κ2) is 4.56. The minimum absolute atomic E-state index is 0.310. The highest BCUT2D eigenvalue weighted by Crippen LogP contribution is 2.20. The summed E-state index contributed by atoms with van der Waals surface area (Å²) in [5.41, 5.74) is 0. The molecule has 0 spiro atoms. The predicted octanol–water partition coefficient (Wildman–Crippen LogP) is 0.725. The third-order valence-electron chi connectivity index (χ3n) is 1.21. The molecule has 5 heteroatoms. The Bertz CT molecular complexity index is 108. The molecule has 68 valence electrons. The van der Waals surface area contributed by atoms with Crippen LogP contribution in [0.1, 0.15) is 12.8 Å². The van der Waals surface area contributed by atoms with Crippen LogP contribution in [0, 0.1) is 0 Å². The fraction of sp³-hybridized carbons (Fsp3) is 1.00. The third kappa shape index (κ3) is 5.03. The molecule has 0 radical (unpaired) electrons. The van der Waals surface area contributed by atoms with Crippen molar-refractivity contribution in [3.63, 3.8) is 0 Å². The van der Waals surface area contributed by atoms with Gasteiger partial charge in [-0.3, -0.25) is 4.39 Å². The van der Waals surface area contributed by atoms with Gasteiger partial charge in [0, 0.05) is 12.8 Å². The molecule has 0 aromatic heterocycles. The van der Waals surface area contributed by atoms with Crippen molar-refractivity contribution in [2.24, 2.45) is 0 Å². The number of alkyl halides is 3. The van der Waals surface area contributed by atoms with Crippen molar-refractivity contribution in [2.75, 3.05) is 13.3 Å². The Labute approximate surface area is 62.6 Å². The van der Waals surface area contributed by atoms with Crippen LogP contribution in [-0.4, -0.2) is 35.5 Å². The molecule has 0 bridgehead atoms. The van der Waals surface area contributed by atoms with Crippen LogP contribution in [0.3, 0.4) is 0 Å². The number of rotatable bonds is 5. The van der Waals surface area contributed by atoms with Gasteiger partial charge in [0.05, 0.1) is 12.8 Å². The summed E-state index contributed by atoms with van der Waals surface area (Å²) in [6, 6.07) is 0. The average molecular weight is 172 g/mol. The Balaban J connectivity index is 3.64. The number of aliphatic hydroxyl groups is 2. The van der Waals surface area contributed by atoms with Crippen LogP contribution in [0.5, 0.6) is 0 Å². The van der Waals surface area contributed by atoms with E-state index in [0.29, 0.717) is 0 Å². The highest BCUT2D eigenvalue weighted by atomic mass is 19.3. The van der Waals surface area contributed by atoms with Gasteiger partial charge in [0.1, 0.15) is 6.61 Å². The SMILES string of the molecule is OCC(F)(F)CC(O)CCF. The second-order valence-electron chi connectivity index (χ2n) is 2.35. The lowest BCUT2D eigenvalue weighted by molar-refractivity contribution is -0.0831. The fourth-order valence-corrected chi connectivity index (χ4v) is 0.637. The van der Waals surface area contributed by atoms with Crippen molar-refractivity contribution < 1.29 is 23.4 Å². The Hall–Kier alpha value is -0.290. The van der Waals surface area contributed by atoms with Crippen molar-refractivity contribution in [1.82, 2.24) is 0 Å². The van der Waals surface area contributed by atoms with Gasteiger partial charge in [-0.15, -0.1) is 0 Å². The molecule has 2 nitrogen and oxygen atoms in total. The monoisotopic (exact) mass is 172 g/mol. The molecule has 0 saturated heterocycles. The van der Waals surface area contributed by atoms with Gasteiger partial charge in [-0.1, -0.05) is 0 Å². The molecule has 0 saturated carbocycles. The lowest BCUT2D eigenvalue weighted by Crippen LogP contribution is -2.28. The van der Waals surface area contributed by atoms with Crippen molar-refractivity contribution in [1.29, 1.82) is 0 Å². The molecule has 11 heavy (non-hydrogen) atoms. The van der Waals surface area contributed by atoms with Crippen LogP contribution < -0.4 is 0 Å². The van der Waals surface area contributed by atoms with Gasteiger partial charge < -0.3 is 10.2 Å². The van der Waals surface area contributed by atoms with E-state index in [-0.39, 0.29) is 6.42 Å². The summed E-state index contributed by atoms with van der Waals surface area (Å²) >= 11 is 0. The summed E-state index contributed by atoms with van der Waals surface area (Å²) in [4.78, 5) is 0. The Morgan fingerprint density at radius 3 is 2.27 bits per heavy atom. The second-order valence-corrected chi connectivity index (χ2v) is 2.35. The third-order valence-corrected chi connectivity index (χ3v) is 1.21.